The normalized spacial score (nSPS) is 14.2. The van der Waals surface area contributed by atoms with E-state index in [0.29, 0.717) is 22.3 Å². The van der Waals surface area contributed by atoms with Gasteiger partial charge in [-0.25, -0.2) is 14.4 Å². The van der Waals surface area contributed by atoms with E-state index >= 15 is 0 Å². The number of hydrogen-bond acceptors (Lipinski definition) is 5. The summed E-state index contributed by atoms with van der Waals surface area (Å²) in [7, 11) is 0. The fraction of sp³-hybridized carbons (Fsp3) is 0.250. The zero-order valence-corrected chi connectivity index (χ0v) is 18.3. The van der Waals surface area contributed by atoms with Gasteiger partial charge in [-0.2, -0.15) is 13.2 Å². The molecule has 0 atom stereocenters. The Labute approximate surface area is 192 Å². The third kappa shape index (κ3) is 4.00. The van der Waals surface area contributed by atoms with E-state index in [2.05, 4.69) is 25.2 Å². The van der Waals surface area contributed by atoms with Gasteiger partial charge in [-0.1, -0.05) is 0 Å². The molecule has 4 aromatic rings. The van der Waals surface area contributed by atoms with Crippen LogP contribution in [0.4, 0.5) is 40.6 Å². The van der Waals surface area contributed by atoms with Gasteiger partial charge in [0, 0.05) is 42.1 Å². The molecule has 1 fully saturated rings. The van der Waals surface area contributed by atoms with Crippen molar-refractivity contribution < 1.29 is 17.6 Å². The number of aromatic amines is 1. The molecule has 0 spiro atoms. The third-order valence-corrected chi connectivity index (χ3v) is 5.97. The maximum Gasteiger partial charge on any atom is 0.419 e. The summed E-state index contributed by atoms with van der Waals surface area (Å²) in [5.41, 5.74) is 7.74. The minimum atomic E-state index is -4.69. The minimum Gasteiger partial charge on any atom is -0.397 e. The van der Waals surface area contributed by atoms with Gasteiger partial charge in [-0.3, -0.25) is 0 Å². The van der Waals surface area contributed by atoms with Gasteiger partial charge in [-0.15, -0.1) is 0 Å². The molecule has 4 N–H and O–H groups in total. The molecule has 6 nitrogen and oxygen atoms in total. The molecule has 34 heavy (non-hydrogen) atoms. The number of aromatic nitrogens is 3. The van der Waals surface area contributed by atoms with E-state index in [1.54, 1.807) is 25.1 Å². The topological polar surface area (TPSA) is 82.9 Å². The molecule has 176 valence electrons. The number of alkyl halides is 3. The minimum absolute atomic E-state index is 0.0289. The molecule has 1 aliphatic rings. The number of anilines is 4. The molecule has 10 heteroatoms. The summed E-state index contributed by atoms with van der Waals surface area (Å²) in [4.78, 5) is 13.0. The molecular weight excluding hydrogens is 448 g/mol. The first-order chi connectivity index (χ1) is 16.2. The number of halogens is 4. The van der Waals surface area contributed by atoms with Crippen LogP contribution in [-0.2, 0) is 6.18 Å². The fourth-order valence-corrected chi connectivity index (χ4v) is 4.38. The van der Waals surface area contributed by atoms with Gasteiger partial charge in [-0.05, 0) is 55.7 Å². The lowest BCUT2D eigenvalue weighted by atomic mass is 10.0. The van der Waals surface area contributed by atoms with Crippen molar-refractivity contribution in [2.45, 2.75) is 25.9 Å². The average Bonchev–Trinajstić information content (AvgIpc) is 3.43. The molecule has 0 amide bonds. The second-order valence-corrected chi connectivity index (χ2v) is 8.42. The molecule has 3 heterocycles. The van der Waals surface area contributed by atoms with Gasteiger partial charge in [0.1, 0.15) is 11.4 Å². The molecule has 0 saturated carbocycles. The number of rotatable bonds is 4. The Balaban J connectivity index is 1.55. The van der Waals surface area contributed by atoms with Crippen LogP contribution in [0.1, 0.15) is 24.0 Å². The largest absolute Gasteiger partial charge is 0.419 e. The Bertz CT molecular complexity index is 1370. The Morgan fingerprint density at radius 1 is 1.12 bits per heavy atom. The lowest BCUT2D eigenvalue weighted by Gasteiger charge is -2.20. The summed E-state index contributed by atoms with van der Waals surface area (Å²) in [5.74, 6) is -0.574. The van der Waals surface area contributed by atoms with Crippen LogP contribution in [0.3, 0.4) is 0 Å². The predicted octanol–water partition coefficient (Wildman–Crippen LogP) is 6.02. The number of nitrogens with two attached hydrogens (primary N) is 1. The fourth-order valence-electron chi connectivity index (χ4n) is 4.38. The Morgan fingerprint density at radius 3 is 2.59 bits per heavy atom. The van der Waals surface area contributed by atoms with Crippen LogP contribution in [0.25, 0.3) is 22.2 Å². The van der Waals surface area contributed by atoms with Crippen LogP contribution >= 0.6 is 0 Å². The monoisotopic (exact) mass is 470 g/mol. The van der Waals surface area contributed by atoms with E-state index < -0.39 is 17.6 Å². The maximum atomic E-state index is 14.3. The van der Waals surface area contributed by atoms with Crippen LogP contribution < -0.4 is 16.0 Å². The number of H-pyrrole nitrogens is 1. The van der Waals surface area contributed by atoms with Crippen molar-refractivity contribution in [1.82, 2.24) is 15.0 Å². The summed E-state index contributed by atoms with van der Waals surface area (Å²) < 4.78 is 55.7. The highest BCUT2D eigenvalue weighted by Crippen LogP contribution is 2.39. The van der Waals surface area contributed by atoms with E-state index in [4.69, 9.17) is 5.73 Å². The molecular formula is C24H22F4N6. The Hall–Kier alpha value is -3.82. The van der Waals surface area contributed by atoms with E-state index in [9.17, 15) is 17.6 Å². The molecule has 0 radical (unpaired) electrons. The molecule has 0 bridgehead atoms. The second kappa shape index (κ2) is 8.19. The van der Waals surface area contributed by atoms with Crippen molar-refractivity contribution in [2.75, 3.05) is 29.0 Å². The number of benzene rings is 2. The summed E-state index contributed by atoms with van der Waals surface area (Å²) in [6.07, 6.45) is -0.408. The van der Waals surface area contributed by atoms with Crippen molar-refractivity contribution in [2.24, 2.45) is 0 Å². The van der Waals surface area contributed by atoms with Gasteiger partial charge < -0.3 is 20.9 Å². The molecule has 0 unspecified atom stereocenters. The highest BCUT2D eigenvalue weighted by molar-refractivity contribution is 5.96. The van der Waals surface area contributed by atoms with Crippen molar-refractivity contribution in [3.05, 3.63) is 59.7 Å². The van der Waals surface area contributed by atoms with Crippen molar-refractivity contribution in [3.8, 4) is 11.3 Å². The van der Waals surface area contributed by atoms with Gasteiger partial charge in [0.2, 0.25) is 5.95 Å². The molecule has 5 rings (SSSR count). The summed E-state index contributed by atoms with van der Waals surface area (Å²) in [6.45, 7) is 3.55. The maximum absolute atomic E-state index is 14.3. The molecule has 1 saturated heterocycles. The Kier molecular flexibility index (Phi) is 5.30. The van der Waals surface area contributed by atoms with Gasteiger partial charge in [0.05, 0.1) is 22.6 Å². The molecule has 2 aromatic carbocycles. The molecule has 0 aliphatic carbocycles. The van der Waals surface area contributed by atoms with Gasteiger partial charge in [0.25, 0.3) is 0 Å². The van der Waals surface area contributed by atoms with E-state index in [0.717, 1.165) is 37.8 Å². The standard InChI is InChI=1S/C24H22F4N6/c1-13-8-15-16(11-30-22(15)18(25)9-13)21-17(24(26,27)28)12-31-23(33-21)32-14-4-5-20(19(29)10-14)34-6-2-3-7-34/h4-5,8-12,30H,2-3,6-7,29H2,1H3,(H,31,32,33). The first-order valence-corrected chi connectivity index (χ1v) is 10.8. The van der Waals surface area contributed by atoms with Crippen molar-refractivity contribution in [3.63, 3.8) is 0 Å². The van der Waals surface area contributed by atoms with Crippen LogP contribution in [0, 0.1) is 12.7 Å². The zero-order valence-electron chi connectivity index (χ0n) is 18.3. The highest BCUT2D eigenvalue weighted by atomic mass is 19.4. The average molecular weight is 470 g/mol. The SMILES string of the molecule is Cc1cc(F)c2[nH]cc(-c3nc(Nc4ccc(N5CCCC5)c(N)c4)ncc3C(F)(F)F)c2c1. The Morgan fingerprint density at radius 2 is 1.88 bits per heavy atom. The first kappa shape index (κ1) is 22.0. The lowest BCUT2D eigenvalue weighted by molar-refractivity contribution is -0.137. The summed E-state index contributed by atoms with van der Waals surface area (Å²) in [6, 6.07) is 8.31. The van der Waals surface area contributed by atoms with Crippen LogP contribution in [-0.4, -0.2) is 28.0 Å². The summed E-state index contributed by atoms with van der Waals surface area (Å²) in [5, 5.41) is 3.25. The lowest BCUT2D eigenvalue weighted by Crippen LogP contribution is -2.19. The number of nitrogens with one attached hydrogen (secondary N) is 2. The van der Waals surface area contributed by atoms with E-state index in [1.807, 2.05) is 6.07 Å². The first-order valence-electron chi connectivity index (χ1n) is 10.8. The molecule has 1 aliphatic heterocycles. The zero-order chi connectivity index (χ0) is 24.0. The van der Waals surface area contributed by atoms with Crippen molar-refractivity contribution in [1.29, 1.82) is 0 Å². The van der Waals surface area contributed by atoms with Gasteiger partial charge in [0.15, 0.2) is 0 Å². The van der Waals surface area contributed by atoms with E-state index in [1.165, 1.54) is 12.3 Å². The number of nitrogen functional groups attached to an aromatic ring is 1. The number of fused-ring (bicyclic) bond motifs is 1. The highest BCUT2D eigenvalue weighted by Gasteiger charge is 2.36. The smallest absolute Gasteiger partial charge is 0.397 e. The summed E-state index contributed by atoms with van der Waals surface area (Å²) >= 11 is 0. The number of nitrogens with zero attached hydrogens (tertiary/aromatic N) is 3. The number of aryl methyl sites for hydroxylation is 1. The van der Waals surface area contributed by atoms with Crippen LogP contribution in [0.15, 0.2) is 42.7 Å². The molecule has 2 aromatic heterocycles. The van der Waals surface area contributed by atoms with E-state index in [-0.39, 0.29) is 22.7 Å². The van der Waals surface area contributed by atoms with Crippen LogP contribution in [0.2, 0.25) is 0 Å². The van der Waals surface area contributed by atoms with Gasteiger partial charge >= 0.3 is 6.18 Å². The quantitative estimate of drug-likeness (QED) is 0.251. The second-order valence-electron chi connectivity index (χ2n) is 8.42. The predicted molar refractivity (Wildman–Crippen MR) is 125 cm³/mol. The van der Waals surface area contributed by atoms with Crippen molar-refractivity contribution >= 4 is 33.9 Å². The third-order valence-electron chi connectivity index (χ3n) is 5.97. The number of hydrogen-bond donors (Lipinski definition) is 3. The van der Waals surface area contributed by atoms with Crippen LogP contribution in [0.5, 0.6) is 0 Å².